The van der Waals surface area contributed by atoms with Crippen molar-refractivity contribution >= 4 is 40.1 Å². The second-order valence-corrected chi connectivity index (χ2v) is 3.55. The molecule has 0 aromatic rings. The summed E-state index contributed by atoms with van der Waals surface area (Å²) in [6, 6.07) is 0. The van der Waals surface area contributed by atoms with Crippen LogP contribution >= 0.6 is 36.6 Å². The highest BCUT2D eigenvalue weighted by molar-refractivity contribution is 8.41. The van der Waals surface area contributed by atoms with E-state index in [1.165, 1.54) is 11.8 Å². The predicted octanol–water partition coefficient (Wildman–Crippen LogP) is 2.22. The summed E-state index contributed by atoms with van der Waals surface area (Å²) < 4.78 is 0.623. The molecule has 0 N–H and O–H groups in total. The number of rotatable bonds is 1. The minimum atomic E-state index is 0.623. The van der Waals surface area contributed by atoms with Gasteiger partial charge in [-0.05, 0) is 5.75 Å². The molecule has 0 saturated carbocycles. The van der Waals surface area contributed by atoms with Gasteiger partial charge in [0.1, 0.15) is 3.53 Å². The van der Waals surface area contributed by atoms with E-state index in [1.807, 2.05) is 6.92 Å². The van der Waals surface area contributed by atoms with E-state index in [0.29, 0.717) is 3.53 Å². The Morgan fingerprint density at radius 2 is 2.33 bits per heavy atom. The summed E-state index contributed by atoms with van der Waals surface area (Å²) in [6.45, 7) is 2.03. The van der Waals surface area contributed by atoms with Crippen LogP contribution in [0.15, 0.2) is 0 Å². The lowest BCUT2D eigenvalue weighted by molar-refractivity contribution is 1.54. The summed E-state index contributed by atoms with van der Waals surface area (Å²) in [6.07, 6.45) is 0. The van der Waals surface area contributed by atoms with Crippen molar-refractivity contribution in [1.82, 2.24) is 0 Å². The quantitative estimate of drug-likeness (QED) is 0.508. The summed E-state index contributed by atoms with van der Waals surface area (Å²) in [7, 11) is 0. The van der Waals surface area contributed by atoms with Gasteiger partial charge in [-0.1, -0.05) is 31.8 Å². The van der Waals surface area contributed by atoms with E-state index in [1.54, 1.807) is 0 Å². The third kappa shape index (κ3) is 4.66. The van der Waals surface area contributed by atoms with Gasteiger partial charge < -0.3 is 0 Å². The largest absolute Gasteiger partial charge is 0.134 e. The number of thioether (sulfide) groups is 1. The molecule has 0 nitrogen and oxygen atoms in total. The van der Waals surface area contributed by atoms with Crippen molar-refractivity contribution in [2.24, 2.45) is 0 Å². The van der Waals surface area contributed by atoms with Crippen LogP contribution in [-0.2, 0) is 0 Å². The maximum Gasteiger partial charge on any atom is 0.134 e. The fraction of sp³-hybridized carbons (Fsp3) is 0.667. The topological polar surface area (TPSA) is 0 Å². The molecule has 0 aliphatic heterocycles. The molecule has 0 spiro atoms. The van der Waals surface area contributed by atoms with Gasteiger partial charge in [0.2, 0.25) is 0 Å². The van der Waals surface area contributed by atoms with Crippen molar-refractivity contribution in [3.8, 4) is 0 Å². The second kappa shape index (κ2) is 3.84. The summed E-state index contributed by atoms with van der Waals surface area (Å²) in [5.41, 5.74) is 0. The van der Waals surface area contributed by atoms with Gasteiger partial charge in [-0.2, -0.15) is 0 Å². The van der Waals surface area contributed by atoms with Crippen LogP contribution in [0, 0.1) is 0 Å². The van der Waals surface area contributed by atoms with Crippen molar-refractivity contribution in [1.29, 1.82) is 0 Å². The Labute approximate surface area is 53.1 Å². The van der Waals surface area contributed by atoms with Crippen molar-refractivity contribution in [3.05, 3.63) is 0 Å². The predicted molar refractivity (Wildman–Crippen MR) is 38.3 cm³/mol. The first kappa shape index (κ1) is 6.66. The zero-order chi connectivity index (χ0) is 4.99. The number of hydrogen-bond acceptors (Lipinski definition) is 2. The molecule has 0 saturated heterocycles. The average Bonchev–Trinajstić information content (AvgIpc) is 1.35. The van der Waals surface area contributed by atoms with Crippen molar-refractivity contribution in [3.63, 3.8) is 0 Å². The molecule has 0 amide bonds. The minimum Gasteiger partial charge on any atom is -0.103 e. The van der Waals surface area contributed by atoms with Gasteiger partial charge in [0.15, 0.2) is 0 Å². The monoisotopic (exact) mass is 137 g/mol. The molecule has 0 bridgehead atoms. The molecule has 1 radical (unpaired) electrons. The fourth-order valence-electron chi connectivity index (χ4n) is 0.118. The Morgan fingerprint density at radius 1 is 1.83 bits per heavy atom. The van der Waals surface area contributed by atoms with Gasteiger partial charge in [-0.15, -0.1) is 11.8 Å². The zero-order valence-corrected chi connectivity index (χ0v) is 5.88. The van der Waals surface area contributed by atoms with E-state index in [9.17, 15) is 0 Å². The first-order valence-electron chi connectivity index (χ1n) is 1.61. The van der Waals surface area contributed by atoms with Crippen LogP contribution in [0.3, 0.4) is 0 Å². The van der Waals surface area contributed by atoms with E-state index in [0.717, 1.165) is 5.75 Å². The molecular formula is C3H5S3. The maximum atomic E-state index is 4.57. The average molecular weight is 137 g/mol. The first-order valence-corrected chi connectivity index (χ1v) is 3.41. The smallest absolute Gasteiger partial charge is 0.103 e. The molecule has 0 heterocycles. The summed E-state index contributed by atoms with van der Waals surface area (Å²) in [5, 5.41) is 0. The zero-order valence-electron chi connectivity index (χ0n) is 3.43. The Balaban J connectivity index is 2.83. The van der Waals surface area contributed by atoms with Crippen LogP contribution in [-0.4, -0.2) is 9.28 Å². The van der Waals surface area contributed by atoms with E-state index >= 15 is 0 Å². The molecule has 6 heavy (non-hydrogen) atoms. The van der Waals surface area contributed by atoms with E-state index in [-0.39, 0.29) is 0 Å². The molecule has 0 aromatic carbocycles. The highest BCUT2D eigenvalue weighted by Crippen LogP contribution is 2.04. The second-order valence-electron chi connectivity index (χ2n) is 0.683. The van der Waals surface area contributed by atoms with E-state index < -0.39 is 0 Å². The van der Waals surface area contributed by atoms with Crippen molar-refractivity contribution < 1.29 is 0 Å². The summed E-state index contributed by atoms with van der Waals surface area (Å²) in [5.74, 6) is 1.00. The van der Waals surface area contributed by atoms with Crippen LogP contribution in [0.2, 0.25) is 0 Å². The Morgan fingerprint density at radius 3 is 2.33 bits per heavy atom. The van der Waals surface area contributed by atoms with Gasteiger partial charge in [-0.3, -0.25) is 0 Å². The third-order valence-corrected chi connectivity index (χ3v) is 1.49. The van der Waals surface area contributed by atoms with Gasteiger partial charge in [0.25, 0.3) is 0 Å². The van der Waals surface area contributed by atoms with Gasteiger partial charge >= 0.3 is 0 Å². The summed E-state index contributed by atoms with van der Waals surface area (Å²) in [4.78, 5) is 0. The maximum absolute atomic E-state index is 4.57. The van der Waals surface area contributed by atoms with Gasteiger partial charge in [0, 0.05) is 0 Å². The van der Waals surface area contributed by atoms with Gasteiger partial charge in [-0.25, -0.2) is 0 Å². The van der Waals surface area contributed by atoms with Crippen molar-refractivity contribution in [2.75, 3.05) is 5.75 Å². The van der Waals surface area contributed by atoms with Crippen LogP contribution in [0.5, 0.6) is 0 Å². The standard InChI is InChI=1S/C3H5S3/c1-2-6-3(4)5/h2H2,1H3. The molecule has 0 fully saturated rings. The van der Waals surface area contributed by atoms with Crippen LogP contribution in [0.4, 0.5) is 0 Å². The Kier molecular flexibility index (Phi) is 4.26. The molecule has 3 heteroatoms. The first-order chi connectivity index (χ1) is 2.77. The Bertz CT molecular complexity index is 50.0. The fourth-order valence-corrected chi connectivity index (χ4v) is 1.06. The molecule has 0 rings (SSSR count). The highest BCUT2D eigenvalue weighted by atomic mass is 32.2. The van der Waals surface area contributed by atoms with E-state index in [2.05, 4.69) is 24.8 Å². The molecule has 0 aromatic heterocycles. The molecule has 0 aliphatic rings. The minimum absolute atomic E-state index is 0.623. The molecular weight excluding hydrogens is 132 g/mol. The number of thiocarbonyl (C=S) groups is 1. The van der Waals surface area contributed by atoms with Crippen LogP contribution in [0.1, 0.15) is 6.92 Å². The summed E-state index contributed by atoms with van der Waals surface area (Å²) >= 11 is 10.7. The van der Waals surface area contributed by atoms with E-state index in [4.69, 9.17) is 0 Å². The molecule has 0 atom stereocenters. The third-order valence-electron chi connectivity index (χ3n) is 0.262. The van der Waals surface area contributed by atoms with Gasteiger partial charge in [0.05, 0.1) is 0 Å². The molecule has 0 unspecified atom stereocenters. The SMILES string of the molecule is CCSC([S])=S. The normalized spacial score (nSPS) is 8.17. The molecule has 0 aliphatic carbocycles. The lowest BCUT2D eigenvalue weighted by atomic mass is 11.0. The molecule has 35 valence electrons. The van der Waals surface area contributed by atoms with Crippen LogP contribution < -0.4 is 0 Å². The lowest BCUT2D eigenvalue weighted by Gasteiger charge is -1.82. The Hall–Kier alpha value is 0.660. The van der Waals surface area contributed by atoms with Crippen molar-refractivity contribution in [2.45, 2.75) is 6.92 Å². The highest BCUT2D eigenvalue weighted by Gasteiger charge is 1.82. The lowest BCUT2D eigenvalue weighted by Crippen LogP contribution is -1.69. The number of hydrogen-bond donors (Lipinski definition) is 0. The van der Waals surface area contributed by atoms with Crippen LogP contribution in [0.25, 0.3) is 0 Å².